The van der Waals surface area contributed by atoms with Crippen molar-refractivity contribution in [3.63, 3.8) is 0 Å². The Labute approximate surface area is 129 Å². The molecule has 0 fully saturated rings. The zero-order valence-electron chi connectivity index (χ0n) is 13.6. The first-order valence-electron chi connectivity index (χ1n) is 8.41. The van der Waals surface area contributed by atoms with Gasteiger partial charge in [-0.1, -0.05) is 59.3 Å². The van der Waals surface area contributed by atoms with Crippen molar-refractivity contribution in [2.45, 2.75) is 91.0 Å². The lowest BCUT2D eigenvalue weighted by Gasteiger charge is -2.07. The Hall–Kier alpha value is -0.500. The molecule has 0 aliphatic heterocycles. The fourth-order valence-corrected chi connectivity index (χ4v) is 3.14. The summed E-state index contributed by atoms with van der Waals surface area (Å²) in [7, 11) is 0. The van der Waals surface area contributed by atoms with Gasteiger partial charge < -0.3 is 0 Å². The molecule has 20 heavy (non-hydrogen) atoms. The zero-order valence-corrected chi connectivity index (χ0v) is 14.3. The van der Waals surface area contributed by atoms with Crippen molar-refractivity contribution in [2.24, 2.45) is 0 Å². The van der Waals surface area contributed by atoms with Crippen LogP contribution in [0.2, 0.25) is 0 Å². The Bertz CT molecular complexity index is 371. The highest BCUT2D eigenvalue weighted by Gasteiger charge is 2.13. The van der Waals surface area contributed by atoms with Crippen LogP contribution in [0.3, 0.4) is 0 Å². The van der Waals surface area contributed by atoms with Crippen molar-refractivity contribution in [3.05, 3.63) is 17.0 Å². The second-order valence-electron chi connectivity index (χ2n) is 5.56. The minimum absolute atomic E-state index is 0.601. The van der Waals surface area contributed by atoms with E-state index in [-0.39, 0.29) is 0 Å². The molecule has 2 nitrogen and oxygen atoms in total. The molecule has 1 aromatic rings. The maximum absolute atomic E-state index is 6.09. The first kappa shape index (κ1) is 17.6. The van der Waals surface area contributed by atoms with Gasteiger partial charge in [0.1, 0.15) is 0 Å². The minimum Gasteiger partial charge on any atom is -0.269 e. The summed E-state index contributed by atoms with van der Waals surface area (Å²) in [5.74, 6) is 0.601. The van der Waals surface area contributed by atoms with Crippen molar-refractivity contribution < 1.29 is 0 Å². The van der Waals surface area contributed by atoms with Gasteiger partial charge >= 0.3 is 0 Å². The van der Waals surface area contributed by atoms with Crippen LogP contribution in [0.4, 0.5) is 0 Å². The van der Waals surface area contributed by atoms with Crippen molar-refractivity contribution in [3.8, 4) is 0 Å². The van der Waals surface area contributed by atoms with Gasteiger partial charge in [-0.25, -0.2) is 0 Å². The van der Waals surface area contributed by atoms with E-state index in [2.05, 4.69) is 25.5 Å². The standard InChI is InChI=1S/C17H31ClN2/c1-4-7-8-9-10-11-12-13-20-17(6-3)15(14-18)16(5-2)19-20/h4-14H2,1-3H3. The molecule has 1 rings (SSSR count). The third-order valence-electron chi connectivity index (χ3n) is 4.03. The molecule has 0 saturated carbocycles. The van der Waals surface area contributed by atoms with Crippen molar-refractivity contribution in [1.82, 2.24) is 9.78 Å². The molecule has 1 aromatic heterocycles. The molecule has 0 saturated heterocycles. The van der Waals surface area contributed by atoms with Crippen LogP contribution in [-0.4, -0.2) is 9.78 Å². The molecule has 0 aliphatic rings. The van der Waals surface area contributed by atoms with E-state index in [1.165, 1.54) is 61.9 Å². The Kier molecular flexibility index (Phi) is 9.00. The number of unbranched alkanes of at least 4 members (excludes halogenated alkanes) is 6. The second kappa shape index (κ2) is 10.3. The van der Waals surface area contributed by atoms with E-state index in [1.54, 1.807) is 0 Å². The number of hydrogen-bond donors (Lipinski definition) is 0. The summed E-state index contributed by atoms with van der Waals surface area (Å²) in [5.41, 5.74) is 3.82. The largest absolute Gasteiger partial charge is 0.269 e. The topological polar surface area (TPSA) is 17.8 Å². The third-order valence-corrected chi connectivity index (χ3v) is 4.29. The lowest BCUT2D eigenvalue weighted by molar-refractivity contribution is 0.509. The molecule has 0 aromatic carbocycles. The van der Waals surface area contributed by atoms with Crippen LogP contribution >= 0.6 is 11.6 Å². The van der Waals surface area contributed by atoms with Crippen LogP contribution in [0.25, 0.3) is 0 Å². The van der Waals surface area contributed by atoms with Crippen LogP contribution in [0.15, 0.2) is 0 Å². The summed E-state index contributed by atoms with van der Waals surface area (Å²) in [6.45, 7) is 7.69. The maximum Gasteiger partial charge on any atom is 0.0668 e. The van der Waals surface area contributed by atoms with E-state index in [9.17, 15) is 0 Å². The number of aromatic nitrogens is 2. The Morgan fingerprint density at radius 3 is 2.10 bits per heavy atom. The van der Waals surface area contributed by atoms with Crippen LogP contribution in [-0.2, 0) is 25.3 Å². The van der Waals surface area contributed by atoms with Crippen LogP contribution in [0.5, 0.6) is 0 Å². The zero-order chi connectivity index (χ0) is 14.8. The van der Waals surface area contributed by atoms with Crippen LogP contribution < -0.4 is 0 Å². The quantitative estimate of drug-likeness (QED) is 0.390. The van der Waals surface area contributed by atoms with Gasteiger partial charge in [0.15, 0.2) is 0 Å². The predicted octanol–water partition coefficient (Wildman–Crippen LogP) is 5.50. The maximum atomic E-state index is 6.09. The number of hydrogen-bond acceptors (Lipinski definition) is 1. The van der Waals surface area contributed by atoms with Gasteiger partial charge in [-0.2, -0.15) is 5.10 Å². The average Bonchev–Trinajstić information content (AvgIpc) is 2.83. The smallest absolute Gasteiger partial charge is 0.0668 e. The van der Waals surface area contributed by atoms with Gasteiger partial charge in [-0.3, -0.25) is 4.68 Å². The van der Waals surface area contributed by atoms with Gasteiger partial charge in [0.25, 0.3) is 0 Å². The summed E-state index contributed by atoms with van der Waals surface area (Å²) in [5, 5.41) is 4.75. The van der Waals surface area contributed by atoms with Gasteiger partial charge in [-0.15, -0.1) is 11.6 Å². The van der Waals surface area contributed by atoms with Crippen LogP contribution in [0.1, 0.15) is 82.7 Å². The number of rotatable bonds is 11. The summed E-state index contributed by atoms with van der Waals surface area (Å²) in [4.78, 5) is 0. The summed E-state index contributed by atoms with van der Waals surface area (Å²) >= 11 is 6.09. The van der Waals surface area contributed by atoms with Crippen molar-refractivity contribution in [1.29, 1.82) is 0 Å². The lowest BCUT2D eigenvalue weighted by Crippen LogP contribution is -2.05. The predicted molar refractivity (Wildman–Crippen MR) is 88.5 cm³/mol. The molecule has 0 spiro atoms. The normalized spacial score (nSPS) is 11.2. The molecule has 3 heteroatoms. The highest BCUT2D eigenvalue weighted by Crippen LogP contribution is 2.19. The van der Waals surface area contributed by atoms with E-state index < -0.39 is 0 Å². The lowest BCUT2D eigenvalue weighted by atomic mass is 10.1. The van der Waals surface area contributed by atoms with E-state index in [4.69, 9.17) is 16.7 Å². The highest BCUT2D eigenvalue weighted by atomic mass is 35.5. The summed E-state index contributed by atoms with van der Waals surface area (Å²) in [6, 6.07) is 0. The van der Waals surface area contributed by atoms with E-state index in [1.807, 2.05) is 0 Å². The van der Waals surface area contributed by atoms with E-state index in [0.717, 1.165) is 19.4 Å². The first-order valence-corrected chi connectivity index (χ1v) is 8.95. The fraction of sp³-hybridized carbons (Fsp3) is 0.824. The number of nitrogens with zero attached hydrogens (tertiary/aromatic N) is 2. The van der Waals surface area contributed by atoms with E-state index in [0.29, 0.717) is 5.88 Å². The first-order chi connectivity index (χ1) is 9.78. The van der Waals surface area contributed by atoms with Crippen LogP contribution in [0, 0.1) is 0 Å². The Morgan fingerprint density at radius 1 is 0.900 bits per heavy atom. The SMILES string of the molecule is CCCCCCCCCn1nc(CC)c(CCl)c1CC. The van der Waals surface area contributed by atoms with Gasteiger partial charge in [-0.05, 0) is 19.3 Å². The molecule has 0 amide bonds. The average molecular weight is 299 g/mol. The van der Waals surface area contributed by atoms with Crippen molar-refractivity contribution in [2.75, 3.05) is 0 Å². The highest BCUT2D eigenvalue weighted by molar-refractivity contribution is 6.17. The van der Waals surface area contributed by atoms with Crippen molar-refractivity contribution >= 4 is 11.6 Å². The molecule has 0 atom stereocenters. The Balaban J connectivity index is 2.41. The molecule has 0 unspecified atom stereocenters. The molecular weight excluding hydrogens is 268 g/mol. The number of halogens is 1. The summed E-state index contributed by atoms with van der Waals surface area (Å²) in [6.07, 6.45) is 11.5. The number of aryl methyl sites for hydroxylation is 2. The number of alkyl halides is 1. The van der Waals surface area contributed by atoms with Gasteiger partial charge in [0.2, 0.25) is 0 Å². The monoisotopic (exact) mass is 298 g/mol. The molecular formula is C17H31ClN2. The summed E-state index contributed by atoms with van der Waals surface area (Å²) < 4.78 is 2.21. The second-order valence-corrected chi connectivity index (χ2v) is 5.82. The van der Waals surface area contributed by atoms with Gasteiger partial charge in [0, 0.05) is 17.8 Å². The van der Waals surface area contributed by atoms with E-state index >= 15 is 0 Å². The molecule has 0 N–H and O–H groups in total. The van der Waals surface area contributed by atoms with Gasteiger partial charge in [0.05, 0.1) is 11.6 Å². The third kappa shape index (κ3) is 5.12. The molecule has 0 aliphatic carbocycles. The molecule has 1 heterocycles. The fourth-order valence-electron chi connectivity index (χ4n) is 2.83. The Morgan fingerprint density at radius 2 is 1.55 bits per heavy atom. The molecule has 116 valence electrons. The molecule has 0 radical (unpaired) electrons. The molecule has 0 bridgehead atoms. The minimum atomic E-state index is 0.601.